The second kappa shape index (κ2) is 9.26. The molecule has 5 nitrogen and oxygen atoms in total. The number of rotatable bonds is 5. The van der Waals surface area contributed by atoms with Gasteiger partial charge in [-0.2, -0.15) is 0 Å². The number of nitrogens with zero attached hydrogens (tertiary/aromatic N) is 1. The second-order valence-corrected chi connectivity index (χ2v) is 7.42. The molecular weight excluding hydrogens is 441 g/mol. The maximum atomic E-state index is 6.23. The molecule has 2 N–H and O–H groups in total. The van der Waals surface area contributed by atoms with Crippen LogP contribution < -0.4 is 15.4 Å². The van der Waals surface area contributed by atoms with Crippen molar-refractivity contribution in [1.82, 2.24) is 10.6 Å². The van der Waals surface area contributed by atoms with E-state index in [4.69, 9.17) is 9.47 Å². The fraction of sp³-hybridized carbons (Fsp3) is 0.650. The monoisotopic (exact) mass is 471 g/mol. The van der Waals surface area contributed by atoms with E-state index in [0.29, 0.717) is 30.9 Å². The lowest BCUT2D eigenvalue weighted by molar-refractivity contribution is 0.0992. The molecule has 3 unspecified atom stereocenters. The highest BCUT2D eigenvalue weighted by atomic mass is 127. The predicted molar refractivity (Wildman–Crippen MR) is 114 cm³/mol. The van der Waals surface area contributed by atoms with Crippen molar-refractivity contribution in [1.29, 1.82) is 0 Å². The summed E-state index contributed by atoms with van der Waals surface area (Å²) < 4.78 is 12.1. The van der Waals surface area contributed by atoms with E-state index in [0.717, 1.165) is 24.6 Å². The summed E-state index contributed by atoms with van der Waals surface area (Å²) in [4.78, 5) is 4.38. The summed E-state index contributed by atoms with van der Waals surface area (Å²) >= 11 is 0. The zero-order chi connectivity index (χ0) is 17.1. The predicted octanol–water partition coefficient (Wildman–Crippen LogP) is 3.61. The van der Waals surface area contributed by atoms with Gasteiger partial charge in [-0.3, -0.25) is 4.99 Å². The molecule has 1 saturated carbocycles. The summed E-state index contributed by atoms with van der Waals surface area (Å²) in [5.41, 5.74) is 1.18. The molecule has 3 atom stereocenters. The number of halogens is 1. The van der Waals surface area contributed by atoms with Gasteiger partial charge in [-0.1, -0.05) is 18.2 Å². The van der Waals surface area contributed by atoms with E-state index in [2.05, 4.69) is 33.8 Å². The minimum atomic E-state index is 0. The van der Waals surface area contributed by atoms with Crippen molar-refractivity contribution < 1.29 is 9.47 Å². The second-order valence-electron chi connectivity index (χ2n) is 7.42. The third kappa shape index (κ3) is 4.63. The number of aliphatic imine (C=N–C) groups is 1. The normalized spacial score (nSPS) is 28.0. The molecule has 0 amide bonds. The molecule has 1 aliphatic carbocycles. The third-order valence-electron chi connectivity index (χ3n) is 5.67. The van der Waals surface area contributed by atoms with Crippen molar-refractivity contribution in [3.8, 4) is 5.75 Å². The number of hydrogen-bond donors (Lipinski definition) is 2. The summed E-state index contributed by atoms with van der Waals surface area (Å²) in [5, 5.41) is 6.97. The summed E-state index contributed by atoms with van der Waals surface area (Å²) in [6.45, 7) is 0.713. The van der Waals surface area contributed by atoms with E-state index in [1.807, 2.05) is 13.1 Å². The van der Waals surface area contributed by atoms with Gasteiger partial charge in [0, 0.05) is 19.2 Å². The topological polar surface area (TPSA) is 54.9 Å². The number of guanidine groups is 1. The molecule has 1 aromatic rings. The van der Waals surface area contributed by atoms with Crippen LogP contribution in [0.4, 0.5) is 0 Å². The van der Waals surface area contributed by atoms with Crippen LogP contribution >= 0.6 is 24.0 Å². The Hall–Kier alpha value is -1.02. The van der Waals surface area contributed by atoms with Crippen molar-refractivity contribution >= 4 is 29.9 Å². The molecule has 2 aliphatic heterocycles. The molecule has 0 spiro atoms. The van der Waals surface area contributed by atoms with E-state index in [9.17, 15) is 0 Å². The van der Waals surface area contributed by atoms with E-state index in [1.54, 1.807) is 0 Å². The first-order valence-corrected chi connectivity index (χ1v) is 9.69. The number of ether oxygens (including phenoxy) is 2. The van der Waals surface area contributed by atoms with E-state index < -0.39 is 0 Å². The molecule has 26 heavy (non-hydrogen) atoms. The summed E-state index contributed by atoms with van der Waals surface area (Å²) in [7, 11) is 1.82. The average molecular weight is 471 g/mol. The van der Waals surface area contributed by atoms with Crippen LogP contribution in [-0.4, -0.2) is 37.4 Å². The molecule has 3 fully saturated rings. The van der Waals surface area contributed by atoms with Crippen LogP contribution in [0.15, 0.2) is 29.3 Å². The zero-order valence-corrected chi connectivity index (χ0v) is 17.8. The molecular formula is C20H30IN3O2. The Bertz CT molecular complexity index is 619. The lowest BCUT2D eigenvalue weighted by Gasteiger charge is -2.23. The molecule has 2 heterocycles. The van der Waals surface area contributed by atoms with Gasteiger partial charge in [0.15, 0.2) is 5.96 Å². The summed E-state index contributed by atoms with van der Waals surface area (Å²) in [6.07, 6.45) is 9.56. The number of fused-ring (bicyclic) bond motifs is 2. The molecule has 2 bridgehead atoms. The zero-order valence-electron chi connectivity index (χ0n) is 15.4. The first-order chi connectivity index (χ1) is 12.3. The van der Waals surface area contributed by atoms with Crippen molar-refractivity contribution in [2.75, 3.05) is 7.05 Å². The van der Waals surface area contributed by atoms with Gasteiger partial charge in [-0.15, -0.1) is 24.0 Å². The summed E-state index contributed by atoms with van der Waals surface area (Å²) in [5.74, 6) is 1.84. The Morgan fingerprint density at radius 2 is 2.00 bits per heavy atom. The van der Waals surface area contributed by atoms with Gasteiger partial charge >= 0.3 is 0 Å². The third-order valence-corrected chi connectivity index (χ3v) is 5.67. The average Bonchev–Trinajstić information content (AvgIpc) is 3.38. The minimum absolute atomic E-state index is 0. The Morgan fingerprint density at radius 1 is 1.19 bits per heavy atom. The van der Waals surface area contributed by atoms with Gasteiger partial charge < -0.3 is 20.1 Å². The van der Waals surface area contributed by atoms with Crippen LogP contribution in [0.1, 0.15) is 50.5 Å². The van der Waals surface area contributed by atoms with Crippen LogP contribution in [0.25, 0.3) is 0 Å². The largest absolute Gasteiger partial charge is 0.490 e. The molecule has 6 heteroatoms. The molecule has 2 saturated heterocycles. The lowest BCUT2D eigenvalue weighted by Crippen LogP contribution is -2.47. The SMILES string of the molecule is CN=C(NCc1ccccc1OC1CCCC1)NC1CC2CCC1O2.I. The maximum Gasteiger partial charge on any atom is 0.191 e. The smallest absolute Gasteiger partial charge is 0.191 e. The standard InChI is InChI=1S/C20H29N3O2.HI/c1-21-20(23-17-12-16-10-11-19(17)25-16)22-13-14-6-2-5-9-18(14)24-15-7-3-4-8-15;/h2,5-6,9,15-17,19H,3-4,7-8,10-13H2,1H3,(H2,21,22,23);1H. The molecule has 1 aromatic carbocycles. The number of nitrogens with one attached hydrogen (secondary N) is 2. The van der Waals surface area contributed by atoms with Crippen molar-refractivity contribution in [2.24, 2.45) is 4.99 Å². The highest BCUT2D eigenvalue weighted by Gasteiger charge is 2.41. The Labute approximate surface area is 173 Å². The molecule has 0 aromatic heterocycles. The number of benzene rings is 1. The van der Waals surface area contributed by atoms with Crippen LogP contribution in [0.2, 0.25) is 0 Å². The van der Waals surface area contributed by atoms with Gasteiger partial charge in [0.1, 0.15) is 5.75 Å². The summed E-state index contributed by atoms with van der Waals surface area (Å²) in [6, 6.07) is 8.71. The van der Waals surface area contributed by atoms with Gasteiger partial charge in [-0.25, -0.2) is 0 Å². The Kier molecular flexibility index (Phi) is 7.03. The molecule has 3 aliphatic rings. The molecule has 4 rings (SSSR count). The van der Waals surface area contributed by atoms with Crippen LogP contribution in [-0.2, 0) is 11.3 Å². The van der Waals surface area contributed by atoms with Gasteiger partial charge in [0.2, 0.25) is 0 Å². The van der Waals surface area contributed by atoms with E-state index in [1.165, 1.54) is 37.7 Å². The van der Waals surface area contributed by atoms with Crippen molar-refractivity contribution in [3.05, 3.63) is 29.8 Å². The van der Waals surface area contributed by atoms with Gasteiger partial charge in [0.25, 0.3) is 0 Å². The van der Waals surface area contributed by atoms with E-state index >= 15 is 0 Å². The highest BCUT2D eigenvalue weighted by Crippen LogP contribution is 2.34. The Morgan fingerprint density at radius 3 is 2.69 bits per heavy atom. The van der Waals surface area contributed by atoms with Crippen molar-refractivity contribution in [2.45, 2.75) is 75.8 Å². The fourth-order valence-electron chi connectivity index (χ4n) is 4.29. The first kappa shape index (κ1) is 19.7. The number of hydrogen-bond acceptors (Lipinski definition) is 3. The quantitative estimate of drug-likeness (QED) is 0.392. The first-order valence-electron chi connectivity index (χ1n) is 9.69. The molecule has 144 valence electrons. The van der Waals surface area contributed by atoms with Gasteiger partial charge in [0.05, 0.1) is 24.4 Å². The van der Waals surface area contributed by atoms with Crippen LogP contribution in [0.3, 0.4) is 0 Å². The molecule has 0 radical (unpaired) electrons. The minimum Gasteiger partial charge on any atom is -0.490 e. The Balaban J connectivity index is 0.00000196. The van der Waals surface area contributed by atoms with Crippen LogP contribution in [0.5, 0.6) is 5.75 Å². The van der Waals surface area contributed by atoms with E-state index in [-0.39, 0.29) is 24.0 Å². The number of para-hydroxylation sites is 1. The maximum absolute atomic E-state index is 6.23. The van der Waals surface area contributed by atoms with Crippen molar-refractivity contribution in [3.63, 3.8) is 0 Å². The highest BCUT2D eigenvalue weighted by molar-refractivity contribution is 14.0. The van der Waals surface area contributed by atoms with Gasteiger partial charge in [-0.05, 0) is 51.0 Å². The fourth-order valence-corrected chi connectivity index (χ4v) is 4.29. The van der Waals surface area contributed by atoms with Crippen LogP contribution in [0, 0.1) is 0 Å². The lowest BCUT2D eigenvalue weighted by atomic mass is 9.96.